The number of fused-ring (bicyclic) bond motifs is 1. The van der Waals surface area contributed by atoms with Crippen molar-refractivity contribution in [2.24, 2.45) is 11.1 Å². The van der Waals surface area contributed by atoms with Gasteiger partial charge in [0.15, 0.2) is 0 Å². The van der Waals surface area contributed by atoms with E-state index in [2.05, 4.69) is 38.3 Å². The van der Waals surface area contributed by atoms with Crippen LogP contribution in [0.2, 0.25) is 0 Å². The molecule has 1 unspecified atom stereocenters. The zero-order valence-electron chi connectivity index (χ0n) is 11.0. The van der Waals surface area contributed by atoms with E-state index >= 15 is 0 Å². The minimum Gasteiger partial charge on any atom is -0.348 e. The Morgan fingerprint density at radius 1 is 1.44 bits per heavy atom. The highest BCUT2D eigenvalue weighted by molar-refractivity contribution is 5.32. The van der Waals surface area contributed by atoms with Gasteiger partial charge in [-0.05, 0) is 43.2 Å². The molecule has 0 fully saturated rings. The largest absolute Gasteiger partial charge is 0.348 e. The summed E-state index contributed by atoms with van der Waals surface area (Å²) < 4.78 is 2.48. The van der Waals surface area contributed by atoms with Crippen LogP contribution in [0.25, 0.3) is 0 Å². The maximum Gasteiger partial charge on any atom is 0.0313 e. The van der Waals surface area contributed by atoms with Gasteiger partial charge in [0.05, 0.1) is 0 Å². The highest BCUT2D eigenvalue weighted by atomic mass is 15.0. The standard InChI is InChI=1S/C14H24N2/c1-10-8-11-12(15)6-5-7-13(11)16(10)9-14(2,3)4/h8,12H,5-7,9,15H2,1-4H3. The first kappa shape index (κ1) is 11.7. The monoisotopic (exact) mass is 220 g/mol. The van der Waals surface area contributed by atoms with Crippen molar-refractivity contribution in [3.05, 3.63) is 23.0 Å². The SMILES string of the molecule is Cc1cc2c(n1CC(C)(C)C)CCCC2N. The van der Waals surface area contributed by atoms with Gasteiger partial charge in [-0.2, -0.15) is 0 Å². The molecule has 1 aliphatic carbocycles. The number of hydrogen-bond donors (Lipinski definition) is 1. The summed E-state index contributed by atoms with van der Waals surface area (Å²) in [6, 6.07) is 2.56. The highest BCUT2D eigenvalue weighted by Crippen LogP contribution is 2.32. The highest BCUT2D eigenvalue weighted by Gasteiger charge is 2.24. The maximum atomic E-state index is 6.18. The van der Waals surface area contributed by atoms with E-state index in [1.54, 1.807) is 0 Å². The van der Waals surface area contributed by atoms with Gasteiger partial charge in [0.1, 0.15) is 0 Å². The molecule has 0 spiro atoms. The number of nitrogens with two attached hydrogens (primary N) is 1. The van der Waals surface area contributed by atoms with Crippen LogP contribution in [0.15, 0.2) is 6.07 Å². The van der Waals surface area contributed by atoms with Gasteiger partial charge in [-0.1, -0.05) is 20.8 Å². The topological polar surface area (TPSA) is 30.9 Å². The average Bonchev–Trinajstić information content (AvgIpc) is 2.44. The smallest absolute Gasteiger partial charge is 0.0313 e. The maximum absolute atomic E-state index is 6.18. The summed E-state index contributed by atoms with van der Waals surface area (Å²) in [7, 11) is 0. The lowest BCUT2D eigenvalue weighted by Crippen LogP contribution is -2.22. The fourth-order valence-electron chi connectivity index (χ4n) is 2.69. The van der Waals surface area contributed by atoms with E-state index in [0.717, 1.165) is 13.0 Å². The van der Waals surface area contributed by atoms with Gasteiger partial charge in [-0.15, -0.1) is 0 Å². The zero-order chi connectivity index (χ0) is 11.9. The van der Waals surface area contributed by atoms with Crippen LogP contribution in [0.1, 0.15) is 56.6 Å². The van der Waals surface area contributed by atoms with E-state index in [1.165, 1.54) is 29.8 Å². The van der Waals surface area contributed by atoms with Crippen LogP contribution < -0.4 is 5.73 Å². The van der Waals surface area contributed by atoms with Crippen molar-refractivity contribution in [1.29, 1.82) is 0 Å². The van der Waals surface area contributed by atoms with Gasteiger partial charge in [-0.3, -0.25) is 0 Å². The Bertz CT molecular complexity index is 382. The van der Waals surface area contributed by atoms with Crippen LogP contribution in [0.5, 0.6) is 0 Å². The Labute approximate surface area is 98.8 Å². The summed E-state index contributed by atoms with van der Waals surface area (Å²) in [4.78, 5) is 0. The van der Waals surface area contributed by atoms with Crippen LogP contribution in [0, 0.1) is 12.3 Å². The Morgan fingerprint density at radius 3 is 2.75 bits per heavy atom. The zero-order valence-corrected chi connectivity index (χ0v) is 11.0. The van der Waals surface area contributed by atoms with Crippen molar-refractivity contribution >= 4 is 0 Å². The molecule has 0 bridgehead atoms. The molecule has 0 saturated heterocycles. The summed E-state index contributed by atoms with van der Waals surface area (Å²) in [5.74, 6) is 0. The van der Waals surface area contributed by atoms with Crippen molar-refractivity contribution in [1.82, 2.24) is 4.57 Å². The van der Waals surface area contributed by atoms with Crippen molar-refractivity contribution < 1.29 is 0 Å². The normalized spacial score (nSPS) is 20.9. The summed E-state index contributed by atoms with van der Waals surface area (Å²) in [5.41, 5.74) is 10.8. The molecule has 0 amide bonds. The molecule has 2 N–H and O–H groups in total. The third-order valence-corrected chi connectivity index (χ3v) is 3.41. The molecule has 2 nitrogen and oxygen atoms in total. The predicted molar refractivity (Wildman–Crippen MR) is 68.5 cm³/mol. The third kappa shape index (κ3) is 2.17. The first-order chi connectivity index (χ1) is 7.38. The first-order valence-corrected chi connectivity index (χ1v) is 6.33. The van der Waals surface area contributed by atoms with Gasteiger partial charge in [0, 0.05) is 24.0 Å². The molecule has 1 atom stereocenters. The molecule has 1 heterocycles. The van der Waals surface area contributed by atoms with Gasteiger partial charge in [-0.25, -0.2) is 0 Å². The molecule has 90 valence electrons. The van der Waals surface area contributed by atoms with Crippen LogP contribution in [0.4, 0.5) is 0 Å². The van der Waals surface area contributed by atoms with Gasteiger partial charge in [0.2, 0.25) is 0 Å². The molecule has 2 rings (SSSR count). The van der Waals surface area contributed by atoms with Gasteiger partial charge in [0.25, 0.3) is 0 Å². The summed E-state index contributed by atoms with van der Waals surface area (Å²) in [6.07, 6.45) is 3.58. The third-order valence-electron chi connectivity index (χ3n) is 3.41. The van der Waals surface area contributed by atoms with Crippen molar-refractivity contribution in [3.63, 3.8) is 0 Å². The summed E-state index contributed by atoms with van der Waals surface area (Å²) in [6.45, 7) is 10.2. The van der Waals surface area contributed by atoms with Crippen LogP contribution in [-0.2, 0) is 13.0 Å². The number of aryl methyl sites for hydroxylation is 1. The van der Waals surface area contributed by atoms with Crippen LogP contribution >= 0.6 is 0 Å². The van der Waals surface area contributed by atoms with E-state index in [1.807, 2.05) is 0 Å². The number of nitrogens with zero attached hydrogens (tertiary/aromatic N) is 1. The Morgan fingerprint density at radius 2 is 2.12 bits per heavy atom. The quantitative estimate of drug-likeness (QED) is 0.774. The molecule has 2 heteroatoms. The lowest BCUT2D eigenvalue weighted by molar-refractivity contribution is 0.333. The summed E-state index contributed by atoms with van der Waals surface area (Å²) in [5, 5.41) is 0. The number of aromatic nitrogens is 1. The van der Waals surface area contributed by atoms with E-state index in [9.17, 15) is 0 Å². The fourth-order valence-corrected chi connectivity index (χ4v) is 2.69. The number of rotatable bonds is 1. The second-order valence-electron chi connectivity index (χ2n) is 6.33. The molecule has 0 saturated carbocycles. The minimum absolute atomic E-state index is 0.267. The Hall–Kier alpha value is -0.760. The van der Waals surface area contributed by atoms with E-state index in [0.29, 0.717) is 5.41 Å². The average molecular weight is 220 g/mol. The molecule has 16 heavy (non-hydrogen) atoms. The van der Waals surface area contributed by atoms with Crippen molar-refractivity contribution in [2.75, 3.05) is 0 Å². The predicted octanol–water partition coefficient (Wildman–Crippen LogP) is 3.18. The van der Waals surface area contributed by atoms with E-state index in [-0.39, 0.29) is 6.04 Å². The van der Waals surface area contributed by atoms with Crippen LogP contribution in [0.3, 0.4) is 0 Å². The first-order valence-electron chi connectivity index (χ1n) is 6.33. The molecular weight excluding hydrogens is 196 g/mol. The van der Waals surface area contributed by atoms with Gasteiger partial charge >= 0.3 is 0 Å². The Kier molecular flexibility index (Phi) is 2.87. The van der Waals surface area contributed by atoms with E-state index < -0.39 is 0 Å². The van der Waals surface area contributed by atoms with Crippen molar-refractivity contribution in [3.8, 4) is 0 Å². The van der Waals surface area contributed by atoms with E-state index in [4.69, 9.17) is 5.73 Å². The molecule has 1 aromatic heterocycles. The molecule has 1 aromatic rings. The molecule has 0 radical (unpaired) electrons. The van der Waals surface area contributed by atoms with Crippen molar-refractivity contribution in [2.45, 2.75) is 59.5 Å². The molecular formula is C14H24N2. The fraction of sp³-hybridized carbons (Fsp3) is 0.714. The second kappa shape index (κ2) is 3.92. The van der Waals surface area contributed by atoms with Crippen LogP contribution in [-0.4, -0.2) is 4.57 Å². The number of hydrogen-bond acceptors (Lipinski definition) is 1. The summed E-state index contributed by atoms with van der Waals surface area (Å²) >= 11 is 0. The van der Waals surface area contributed by atoms with Gasteiger partial charge < -0.3 is 10.3 Å². The lowest BCUT2D eigenvalue weighted by atomic mass is 9.92. The molecule has 0 aromatic carbocycles. The minimum atomic E-state index is 0.267. The molecule has 1 aliphatic rings. The second-order valence-corrected chi connectivity index (χ2v) is 6.33. The molecule has 0 aliphatic heterocycles. The Balaban J connectivity index is 2.38. The lowest BCUT2D eigenvalue weighted by Gasteiger charge is -2.25.